The van der Waals surface area contributed by atoms with Crippen molar-refractivity contribution in [1.82, 2.24) is 5.32 Å². The molecular formula is C10H16BrNO. The van der Waals surface area contributed by atoms with Crippen LogP contribution in [-0.4, -0.2) is 17.0 Å². The summed E-state index contributed by atoms with van der Waals surface area (Å²) in [7, 11) is 0. The summed E-state index contributed by atoms with van der Waals surface area (Å²) in [5.74, 6) is 0.847. The number of ether oxygens (including phenoxy) is 1. The van der Waals surface area contributed by atoms with Crippen molar-refractivity contribution < 1.29 is 4.74 Å². The van der Waals surface area contributed by atoms with Gasteiger partial charge in [-0.25, -0.2) is 0 Å². The number of allylic oxidation sites excluding steroid dienone is 2. The van der Waals surface area contributed by atoms with Gasteiger partial charge in [-0.05, 0) is 26.8 Å². The molecule has 0 fully saturated rings. The van der Waals surface area contributed by atoms with E-state index in [2.05, 4.69) is 34.2 Å². The molecule has 0 aromatic rings. The zero-order valence-electron chi connectivity index (χ0n) is 8.30. The lowest BCUT2D eigenvalue weighted by molar-refractivity contribution is 0.121. The molecule has 13 heavy (non-hydrogen) atoms. The maximum atomic E-state index is 5.57. The summed E-state index contributed by atoms with van der Waals surface area (Å²) >= 11 is 3.46. The van der Waals surface area contributed by atoms with Crippen LogP contribution >= 0.6 is 15.9 Å². The highest BCUT2D eigenvalue weighted by Crippen LogP contribution is 2.17. The van der Waals surface area contributed by atoms with Crippen molar-refractivity contribution >= 4 is 15.9 Å². The second-order valence-corrected chi connectivity index (χ2v) is 4.29. The van der Waals surface area contributed by atoms with Crippen LogP contribution in [0.1, 0.15) is 20.8 Å². The molecule has 3 heteroatoms. The molecule has 1 rings (SSSR count). The first-order chi connectivity index (χ1) is 6.06. The highest BCUT2D eigenvalue weighted by molar-refractivity contribution is 9.09. The summed E-state index contributed by atoms with van der Waals surface area (Å²) in [5.41, 5.74) is -0.0288. The van der Waals surface area contributed by atoms with Gasteiger partial charge in [-0.15, -0.1) is 0 Å². The molecule has 1 unspecified atom stereocenters. The van der Waals surface area contributed by atoms with Gasteiger partial charge in [0.2, 0.25) is 0 Å². The SMILES string of the molecule is CC(C)OC1=CC=CC(C)(CBr)N1. The van der Waals surface area contributed by atoms with Crippen LogP contribution in [0.25, 0.3) is 0 Å². The third-order valence-corrected chi connectivity index (χ3v) is 2.93. The fraction of sp³-hybridized carbons (Fsp3) is 0.600. The third-order valence-electron chi connectivity index (χ3n) is 1.76. The first kappa shape index (κ1) is 10.6. The van der Waals surface area contributed by atoms with Crippen LogP contribution in [0.15, 0.2) is 24.1 Å². The third kappa shape index (κ3) is 3.07. The van der Waals surface area contributed by atoms with Crippen LogP contribution in [-0.2, 0) is 4.74 Å². The molecular weight excluding hydrogens is 230 g/mol. The van der Waals surface area contributed by atoms with Crippen LogP contribution in [0, 0.1) is 0 Å². The Hall–Kier alpha value is -0.440. The quantitative estimate of drug-likeness (QED) is 0.773. The molecule has 0 saturated heterocycles. The standard InChI is InChI=1S/C10H16BrNO/c1-8(2)13-9-5-4-6-10(3,7-11)12-9/h4-6,8,12H,7H2,1-3H3. The maximum absolute atomic E-state index is 5.57. The highest BCUT2D eigenvalue weighted by Gasteiger charge is 2.22. The summed E-state index contributed by atoms with van der Waals surface area (Å²) in [6.07, 6.45) is 6.30. The van der Waals surface area contributed by atoms with Gasteiger partial charge in [0.25, 0.3) is 0 Å². The summed E-state index contributed by atoms with van der Waals surface area (Å²) in [6.45, 7) is 6.16. The van der Waals surface area contributed by atoms with Crippen LogP contribution in [0.4, 0.5) is 0 Å². The van der Waals surface area contributed by atoms with Gasteiger partial charge in [0.15, 0.2) is 5.88 Å². The second kappa shape index (κ2) is 4.18. The molecule has 2 nitrogen and oxygen atoms in total. The van der Waals surface area contributed by atoms with Crippen molar-refractivity contribution in [1.29, 1.82) is 0 Å². The van der Waals surface area contributed by atoms with E-state index in [1.165, 1.54) is 0 Å². The van der Waals surface area contributed by atoms with Crippen LogP contribution in [0.5, 0.6) is 0 Å². The van der Waals surface area contributed by atoms with E-state index in [4.69, 9.17) is 4.74 Å². The summed E-state index contributed by atoms with van der Waals surface area (Å²) in [4.78, 5) is 0. The minimum atomic E-state index is -0.0288. The van der Waals surface area contributed by atoms with Gasteiger partial charge in [0.1, 0.15) is 0 Å². The summed E-state index contributed by atoms with van der Waals surface area (Å²) in [5, 5.41) is 4.19. The van der Waals surface area contributed by atoms with E-state index in [9.17, 15) is 0 Å². The number of hydrogen-bond donors (Lipinski definition) is 1. The molecule has 1 atom stereocenters. The van der Waals surface area contributed by atoms with E-state index >= 15 is 0 Å². The molecule has 1 aliphatic heterocycles. The van der Waals surface area contributed by atoms with Crippen molar-refractivity contribution in [2.75, 3.05) is 5.33 Å². The fourth-order valence-corrected chi connectivity index (χ4v) is 1.44. The Bertz CT molecular complexity index is 235. The maximum Gasteiger partial charge on any atom is 0.187 e. The lowest BCUT2D eigenvalue weighted by Crippen LogP contribution is -2.43. The number of nitrogens with one attached hydrogen (secondary N) is 1. The monoisotopic (exact) mass is 245 g/mol. The minimum Gasteiger partial charge on any atom is -0.476 e. The van der Waals surface area contributed by atoms with Gasteiger partial charge in [-0.3, -0.25) is 0 Å². The Morgan fingerprint density at radius 3 is 2.85 bits per heavy atom. The molecule has 0 spiro atoms. The molecule has 0 radical (unpaired) electrons. The Labute approximate surface area is 88.2 Å². The molecule has 0 bridgehead atoms. The topological polar surface area (TPSA) is 21.3 Å². The van der Waals surface area contributed by atoms with Crippen molar-refractivity contribution in [3.63, 3.8) is 0 Å². The van der Waals surface area contributed by atoms with E-state index in [0.29, 0.717) is 0 Å². The van der Waals surface area contributed by atoms with E-state index in [1.807, 2.05) is 26.0 Å². The van der Waals surface area contributed by atoms with Crippen molar-refractivity contribution in [3.8, 4) is 0 Å². The van der Waals surface area contributed by atoms with Gasteiger partial charge in [0, 0.05) is 5.33 Å². The van der Waals surface area contributed by atoms with Crippen LogP contribution < -0.4 is 5.32 Å². The fourth-order valence-electron chi connectivity index (χ4n) is 1.11. The van der Waals surface area contributed by atoms with Crippen LogP contribution in [0.3, 0.4) is 0 Å². The first-order valence-corrected chi connectivity index (χ1v) is 5.58. The lowest BCUT2D eigenvalue weighted by atomic mass is 10.0. The number of dihydropyridines is 1. The van der Waals surface area contributed by atoms with Crippen molar-refractivity contribution in [2.24, 2.45) is 0 Å². The lowest BCUT2D eigenvalue weighted by Gasteiger charge is -2.30. The average molecular weight is 246 g/mol. The number of halogens is 1. The molecule has 0 aromatic carbocycles. The molecule has 1 N–H and O–H groups in total. The summed E-state index contributed by atoms with van der Waals surface area (Å²) in [6, 6.07) is 0. The Kier molecular flexibility index (Phi) is 3.42. The number of rotatable bonds is 3. The zero-order chi connectivity index (χ0) is 9.90. The van der Waals surface area contributed by atoms with Gasteiger partial charge < -0.3 is 10.1 Å². The minimum absolute atomic E-state index is 0.0288. The molecule has 0 saturated carbocycles. The van der Waals surface area contributed by atoms with E-state index in [-0.39, 0.29) is 11.6 Å². The first-order valence-electron chi connectivity index (χ1n) is 4.46. The molecule has 0 aliphatic carbocycles. The van der Waals surface area contributed by atoms with Crippen molar-refractivity contribution in [2.45, 2.75) is 32.4 Å². The van der Waals surface area contributed by atoms with E-state index in [0.717, 1.165) is 11.2 Å². The largest absolute Gasteiger partial charge is 0.476 e. The highest BCUT2D eigenvalue weighted by atomic mass is 79.9. The summed E-state index contributed by atoms with van der Waals surface area (Å²) < 4.78 is 5.57. The van der Waals surface area contributed by atoms with Gasteiger partial charge in [-0.2, -0.15) is 0 Å². The Morgan fingerprint density at radius 1 is 1.62 bits per heavy atom. The van der Waals surface area contributed by atoms with E-state index in [1.54, 1.807) is 0 Å². The predicted octanol–water partition coefficient (Wildman–Crippen LogP) is 2.57. The van der Waals surface area contributed by atoms with Gasteiger partial charge in [-0.1, -0.05) is 28.1 Å². The molecule has 1 aliphatic rings. The van der Waals surface area contributed by atoms with Crippen molar-refractivity contribution in [3.05, 3.63) is 24.1 Å². The second-order valence-electron chi connectivity index (χ2n) is 3.73. The van der Waals surface area contributed by atoms with Crippen LogP contribution in [0.2, 0.25) is 0 Å². The van der Waals surface area contributed by atoms with Gasteiger partial charge in [0.05, 0.1) is 11.6 Å². The molecule has 0 amide bonds. The zero-order valence-corrected chi connectivity index (χ0v) is 9.89. The average Bonchev–Trinajstić information content (AvgIpc) is 2.03. The van der Waals surface area contributed by atoms with E-state index < -0.39 is 0 Å². The predicted molar refractivity (Wildman–Crippen MR) is 58.8 cm³/mol. The normalized spacial score (nSPS) is 27.0. The number of alkyl halides is 1. The smallest absolute Gasteiger partial charge is 0.187 e. The Balaban J connectivity index is 2.61. The number of hydrogen-bond acceptors (Lipinski definition) is 2. The van der Waals surface area contributed by atoms with Gasteiger partial charge >= 0.3 is 0 Å². The Morgan fingerprint density at radius 2 is 2.31 bits per heavy atom. The molecule has 0 aromatic heterocycles. The molecule has 74 valence electrons. The molecule has 1 heterocycles.